The maximum absolute atomic E-state index is 13.2. The van der Waals surface area contributed by atoms with Gasteiger partial charge >= 0.3 is 0 Å². The van der Waals surface area contributed by atoms with Crippen LogP contribution in [0.15, 0.2) is 59.0 Å². The summed E-state index contributed by atoms with van der Waals surface area (Å²) in [7, 11) is 0. The van der Waals surface area contributed by atoms with Gasteiger partial charge in [0.15, 0.2) is 10.7 Å². The first kappa shape index (κ1) is 25.4. The number of non-ortho nitro benzene ring substituents is 1. The number of aromatic nitrogens is 1. The van der Waals surface area contributed by atoms with Crippen molar-refractivity contribution in [3.05, 3.63) is 75.3 Å². The zero-order valence-corrected chi connectivity index (χ0v) is 21.2. The number of nitro benzene ring substituents is 1. The van der Waals surface area contributed by atoms with Crippen molar-refractivity contribution in [3.63, 3.8) is 0 Å². The molecule has 0 spiro atoms. The second-order valence-electron chi connectivity index (χ2n) is 8.33. The predicted octanol–water partition coefficient (Wildman–Crippen LogP) is 4.73. The number of benzene rings is 3. The highest BCUT2D eigenvalue weighted by molar-refractivity contribution is 7.80. The van der Waals surface area contributed by atoms with E-state index in [4.69, 9.17) is 33.0 Å². The van der Waals surface area contributed by atoms with Crippen LogP contribution in [0.1, 0.15) is 10.4 Å². The zero-order chi connectivity index (χ0) is 26.8. The van der Waals surface area contributed by atoms with E-state index in [9.17, 15) is 20.0 Å². The SMILES string of the molecule is O=C(NC(=S)Nc1ccc(O)c(-c2nc3cc(Cl)ccc3o2)c1)c1cc([N+](=O)[O-])ccc1N1CCOCC1. The van der Waals surface area contributed by atoms with E-state index < -0.39 is 10.8 Å². The lowest BCUT2D eigenvalue weighted by molar-refractivity contribution is -0.384. The molecule has 1 fully saturated rings. The molecule has 0 bridgehead atoms. The molecule has 1 aliphatic rings. The minimum absolute atomic E-state index is 0.0459. The summed E-state index contributed by atoms with van der Waals surface area (Å²) in [6.45, 7) is 2.04. The van der Waals surface area contributed by atoms with Gasteiger partial charge in [0.25, 0.3) is 11.6 Å². The number of thiocarbonyl (C=S) groups is 1. The van der Waals surface area contributed by atoms with Gasteiger partial charge in [-0.2, -0.15) is 0 Å². The van der Waals surface area contributed by atoms with Crippen LogP contribution in [0, 0.1) is 10.1 Å². The third-order valence-electron chi connectivity index (χ3n) is 5.85. The van der Waals surface area contributed by atoms with Gasteiger partial charge in [-0.1, -0.05) is 11.6 Å². The molecular formula is C25H20ClN5O6S. The Labute approximate surface area is 226 Å². The molecule has 2 heterocycles. The highest BCUT2D eigenvalue weighted by atomic mass is 35.5. The van der Waals surface area contributed by atoms with Gasteiger partial charge in [-0.3, -0.25) is 20.2 Å². The summed E-state index contributed by atoms with van der Waals surface area (Å²) in [4.78, 5) is 30.2. The molecule has 0 unspecified atom stereocenters. The van der Waals surface area contributed by atoms with Crippen LogP contribution in [0.25, 0.3) is 22.6 Å². The number of morpholine rings is 1. The monoisotopic (exact) mass is 553 g/mol. The van der Waals surface area contributed by atoms with Gasteiger partial charge in [0.05, 0.1) is 35.0 Å². The second kappa shape index (κ2) is 10.6. The summed E-state index contributed by atoms with van der Waals surface area (Å²) >= 11 is 11.3. The van der Waals surface area contributed by atoms with Crippen LogP contribution >= 0.6 is 23.8 Å². The van der Waals surface area contributed by atoms with Gasteiger partial charge < -0.3 is 24.5 Å². The number of nitro groups is 1. The van der Waals surface area contributed by atoms with Crippen LogP contribution < -0.4 is 15.5 Å². The first-order valence-corrected chi connectivity index (χ1v) is 12.2. The Kier molecular flexibility index (Phi) is 7.09. The van der Waals surface area contributed by atoms with Gasteiger partial charge in [-0.25, -0.2) is 4.98 Å². The molecule has 1 aliphatic heterocycles. The molecule has 13 heteroatoms. The van der Waals surface area contributed by atoms with Crippen molar-refractivity contribution >= 4 is 63.0 Å². The number of hydrogen-bond acceptors (Lipinski definition) is 9. The minimum Gasteiger partial charge on any atom is -0.507 e. The summed E-state index contributed by atoms with van der Waals surface area (Å²) in [5, 5.41) is 27.7. The highest BCUT2D eigenvalue weighted by Crippen LogP contribution is 2.34. The molecule has 5 rings (SSSR count). The third kappa shape index (κ3) is 5.37. The Morgan fingerprint density at radius 1 is 1.13 bits per heavy atom. The number of carbonyl (C=O) groups excluding carboxylic acids is 1. The topological polar surface area (TPSA) is 143 Å². The van der Waals surface area contributed by atoms with Gasteiger partial charge in [-0.05, 0) is 54.7 Å². The first-order chi connectivity index (χ1) is 18.3. The summed E-state index contributed by atoms with van der Waals surface area (Å²) < 4.78 is 11.1. The van der Waals surface area contributed by atoms with E-state index in [1.807, 2.05) is 4.90 Å². The van der Waals surface area contributed by atoms with Gasteiger partial charge in [0.2, 0.25) is 5.89 Å². The molecule has 0 saturated carbocycles. The fourth-order valence-corrected chi connectivity index (χ4v) is 4.41. The number of nitrogens with zero attached hydrogens (tertiary/aromatic N) is 3. The zero-order valence-electron chi connectivity index (χ0n) is 19.6. The van der Waals surface area contributed by atoms with Gasteiger partial charge in [0.1, 0.15) is 11.3 Å². The number of halogens is 1. The van der Waals surface area contributed by atoms with Crippen molar-refractivity contribution in [3.8, 4) is 17.2 Å². The van der Waals surface area contributed by atoms with Crippen molar-refractivity contribution in [1.29, 1.82) is 0 Å². The number of rotatable bonds is 5. The molecule has 194 valence electrons. The van der Waals surface area contributed by atoms with Crippen molar-refractivity contribution in [2.24, 2.45) is 0 Å². The van der Waals surface area contributed by atoms with Crippen molar-refractivity contribution in [2.45, 2.75) is 0 Å². The molecule has 38 heavy (non-hydrogen) atoms. The molecule has 1 amide bonds. The molecule has 3 aromatic carbocycles. The van der Waals surface area contributed by atoms with Crippen molar-refractivity contribution in [1.82, 2.24) is 10.3 Å². The number of aromatic hydroxyl groups is 1. The molecule has 1 saturated heterocycles. The first-order valence-electron chi connectivity index (χ1n) is 11.4. The van der Waals surface area contributed by atoms with Crippen LogP contribution in [-0.2, 0) is 4.74 Å². The molecule has 3 N–H and O–H groups in total. The molecule has 11 nitrogen and oxygen atoms in total. The number of oxazole rings is 1. The normalized spacial score (nSPS) is 13.3. The van der Waals surface area contributed by atoms with Crippen LogP contribution in [0.2, 0.25) is 5.02 Å². The average molecular weight is 554 g/mol. The quantitative estimate of drug-likeness (QED) is 0.137. The third-order valence-corrected chi connectivity index (χ3v) is 6.29. The number of phenols is 1. The molecular weight excluding hydrogens is 534 g/mol. The number of fused-ring (bicyclic) bond motifs is 1. The molecule has 0 radical (unpaired) electrons. The minimum atomic E-state index is -0.609. The molecule has 0 aliphatic carbocycles. The van der Waals surface area contributed by atoms with E-state index in [0.29, 0.717) is 59.4 Å². The van der Waals surface area contributed by atoms with E-state index >= 15 is 0 Å². The summed E-state index contributed by atoms with van der Waals surface area (Å²) in [6.07, 6.45) is 0. The standard InChI is InChI=1S/C25H20ClN5O6S/c26-14-1-6-22-19(11-14)28-24(37-22)18-12-15(2-5-21(18)32)27-25(38)29-23(33)17-13-16(31(34)35)3-4-20(17)30-7-9-36-10-8-30/h1-6,11-13,32H,7-10H2,(H2,27,29,33,38). The Bertz CT molecular complexity index is 1570. The average Bonchev–Trinajstić information content (AvgIpc) is 3.32. The number of amides is 1. The number of hydrogen-bond donors (Lipinski definition) is 3. The van der Waals surface area contributed by atoms with Crippen LogP contribution in [0.4, 0.5) is 17.1 Å². The fourth-order valence-electron chi connectivity index (χ4n) is 4.03. The Hall–Kier alpha value is -4.26. The van der Waals surface area contributed by atoms with E-state index in [1.165, 1.54) is 18.2 Å². The molecule has 0 atom stereocenters. The second-order valence-corrected chi connectivity index (χ2v) is 9.17. The lowest BCUT2D eigenvalue weighted by Gasteiger charge is -2.30. The van der Waals surface area contributed by atoms with Gasteiger partial charge in [-0.15, -0.1) is 0 Å². The van der Waals surface area contributed by atoms with Crippen molar-refractivity contribution in [2.75, 3.05) is 36.5 Å². The number of ether oxygens (including phenoxy) is 1. The largest absolute Gasteiger partial charge is 0.507 e. The van der Waals surface area contributed by atoms with Crippen molar-refractivity contribution < 1.29 is 24.0 Å². The molecule has 1 aromatic heterocycles. The van der Waals surface area contributed by atoms with Gasteiger partial charge in [0, 0.05) is 35.9 Å². The van der Waals surface area contributed by atoms with E-state index in [1.54, 1.807) is 36.4 Å². The maximum Gasteiger partial charge on any atom is 0.270 e. The summed E-state index contributed by atoms with van der Waals surface area (Å²) in [5.74, 6) is -0.512. The number of nitrogens with one attached hydrogen (secondary N) is 2. The lowest BCUT2D eigenvalue weighted by atomic mass is 10.1. The van der Waals surface area contributed by atoms with E-state index in [2.05, 4.69) is 15.6 Å². The van der Waals surface area contributed by atoms with E-state index in [-0.39, 0.29) is 28.0 Å². The Morgan fingerprint density at radius 3 is 2.68 bits per heavy atom. The van der Waals surface area contributed by atoms with Crippen LogP contribution in [0.5, 0.6) is 5.75 Å². The Balaban J connectivity index is 1.36. The van der Waals surface area contributed by atoms with Crippen LogP contribution in [0.3, 0.4) is 0 Å². The highest BCUT2D eigenvalue weighted by Gasteiger charge is 2.23. The number of carbonyl (C=O) groups is 1. The maximum atomic E-state index is 13.2. The summed E-state index contributed by atoms with van der Waals surface area (Å²) in [5.41, 5.74) is 2.21. The summed E-state index contributed by atoms with van der Waals surface area (Å²) in [6, 6.07) is 13.7. The predicted molar refractivity (Wildman–Crippen MR) is 146 cm³/mol. The fraction of sp³-hybridized carbons (Fsp3) is 0.160. The smallest absolute Gasteiger partial charge is 0.270 e. The van der Waals surface area contributed by atoms with E-state index in [0.717, 1.165) is 0 Å². The lowest BCUT2D eigenvalue weighted by Crippen LogP contribution is -2.39. The number of anilines is 2. The molecule has 4 aromatic rings. The van der Waals surface area contributed by atoms with Crippen LogP contribution in [-0.4, -0.2) is 52.3 Å². The number of phenolic OH excluding ortho intramolecular Hbond substituents is 1. The Morgan fingerprint density at radius 2 is 1.92 bits per heavy atom.